The maximum atomic E-state index is 13.7. The number of thioether (sulfide) groups is 1. The van der Waals surface area contributed by atoms with Crippen LogP contribution in [0.5, 0.6) is 0 Å². The van der Waals surface area contributed by atoms with Crippen molar-refractivity contribution in [1.29, 1.82) is 0 Å². The molecule has 0 fully saturated rings. The largest absolute Gasteiger partial charge is 0.468 e. The van der Waals surface area contributed by atoms with Crippen molar-refractivity contribution >= 4 is 39.3 Å². The molecule has 0 amide bonds. The topological polar surface area (TPSA) is 70.4 Å². The van der Waals surface area contributed by atoms with E-state index in [2.05, 4.69) is 13.8 Å². The third-order valence-electron chi connectivity index (χ3n) is 5.54. The fourth-order valence-corrected chi connectivity index (χ4v) is 5.84. The second kappa shape index (κ2) is 9.14. The summed E-state index contributed by atoms with van der Waals surface area (Å²) in [4.78, 5) is 32.4. The van der Waals surface area contributed by atoms with E-state index in [-0.39, 0.29) is 17.6 Å². The second-order valence-electron chi connectivity index (χ2n) is 8.04. The average Bonchev–Trinajstić information content (AvgIpc) is 3.13. The zero-order valence-corrected chi connectivity index (χ0v) is 19.7. The molecule has 31 heavy (non-hydrogen) atoms. The Morgan fingerprint density at radius 1 is 1.32 bits per heavy atom. The third-order valence-corrected chi connectivity index (χ3v) is 7.70. The van der Waals surface area contributed by atoms with Gasteiger partial charge in [0.2, 0.25) is 0 Å². The molecular formula is C23H26N2O4S2. The van der Waals surface area contributed by atoms with Gasteiger partial charge in [0.1, 0.15) is 10.1 Å². The van der Waals surface area contributed by atoms with E-state index in [4.69, 9.17) is 14.5 Å². The van der Waals surface area contributed by atoms with Crippen LogP contribution in [0.15, 0.2) is 40.3 Å². The van der Waals surface area contributed by atoms with E-state index in [9.17, 15) is 9.59 Å². The van der Waals surface area contributed by atoms with E-state index in [0.29, 0.717) is 34.4 Å². The SMILES string of the molecule is COC(=O)C(C)Sc1nc2sc3c(c2c(=O)n1Cc1ccccc1)CC(C(C)C)OC3. The van der Waals surface area contributed by atoms with Gasteiger partial charge in [0.15, 0.2) is 5.16 Å². The maximum Gasteiger partial charge on any atom is 0.318 e. The number of hydrogen-bond donors (Lipinski definition) is 0. The number of rotatable bonds is 6. The van der Waals surface area contributed by atoms with Gasteiger partial charge in [-0.2, -0.15) is 0 Å². The number of aromatic nitrogens is 2. The highest BCUT2D eigenvalue weighted by molar-refractivity contribution is 8.00. The summed E-state index contributed by atoms with van der Waals surface area (Å²) < 4.78 is 12.6. The van der Waals surface area contributed by atoms with Crippen LogP contribution in [0.4, 0.5) is 0 Å². The molecule has 1 aromatic carbocycles. The van der Waals surface area contributed by atoms with Crippen LogP contribution in [-0.2, 0) is 33.8 Å². The molecule has 0 saturated heterocycles. The number of ether oxygens (including phenoxy) is 2. The minimum absolute atomic E-state index is 0.0599. The van der Waals surface area contributed by atoms with Gasteiger partial charge in [-0.05, 0) is 24.0 Å². The number of methoxy groups -OCH3 is 1. The predicted molar refractivity (Wildman–Crippen MR) is 124 cm³/mol. The van der Waals surface area contributed by atoms with E-state index >= 15 is 0 Å². The van der Waals surface area contributed by atoms with Crippen LogP contribution in [-0.4, -0.2) is 34.0 Å². The number of esters is 1. The highest BCUT2D eigenvalue weighted by atomic mass is 32.2. The molecular weight excluding hydrogens is 432 g/mol. The lowest BCUT2D eigenvalue weighted by Crippen LogP contribution is -2.29. The summed E-state index contributed by atoms with van der Waals surface area (Å²) in [6, 6.07) is 9.82. The van der Waals surface area contributed by atoms with E-state index in [1.807, 2.05) is 30.3 Å². The van der Waals surface area contributed by atoms with Crippen molar-refractivity contribution in [3.05, 3.63) is 56.7 Å². The second-order valence-corrected chi connectivity index (χ2v) is 10.4. The number of carbonyl (C=O) groups is 1. The molecule has 3 heterocycles. The number of hydrogen-bond acceptors (Lipinski definition) is 7. The third kappa shape index (κ3) is 4.42. The van der Waals surface area contributed by atoms with Gasteiger partial charge in [-0.1, -0.05) is 55.9 Å². The van der Waals surface area contributed by atoms with Crippen molar-refractivity contribution in [2.45, 2.75) is 56.9 Å². The van der Waals surface area contributed by atoms with Gasteiger partial charge in [0.05, 0.1) is 31.8 Å². The molecule has 2 aromatic heterocycles. The van der Waals surface area contributed by atoms with Gasteiger partial charge in [-0.3, -0.25) is 14.2 Å². The first-order valence-electron chi connectivity index (χ1n) is 10.3. The van der Waals surface area contributed by atoms with E-state index in [1.165, 1.54) is 30.2 Å². The Labute approximate surface area is 189 Å². The fraction of sp³-hybridized carbons (Fsp3) is 0.435. The number of carbonyl (C=O) groups excluding carboxylic acids is 1. The molecule has 6 nitrogen and oxygen atoms in total. The summed E-state index contributed by atoms with van der Waals surface area (Å²) in [5.41, 5.74) is 2.02. The molecule has 0 N–H and O–H groups in total. The van der Waals surface area contributed by atoms with Crippen molar-refractivity contribution < 1.29 is 14.3 Å². The van der Waals surface area contributed by atoms with Crippen molar-refractivity contribution in [2.24, 2.45) is 5.92 Å². The van der Waals surface area contributed by atoms with E-state index < -0.39 is 5.25 Å². The highest BCUT2D eigenvalue weighted by Gasteiger charge is 2.29. The van der Waals surface area contributed by atoms with Gasteiger partial charge >= 0.3 is 5.97 Å². The average molecular weight is 459 g/mol. The Bertz CT molecular complexity index is 1150. The first-order valence-corrected chi connectivity index (χ1v) is 12.0. The molecule has 164 valence electrons. The summed E-state index contributed by atoms with van der Waals surface area (Å²) in [6.07, 6.45) is 0.820. The minimum atomic E-state index is -0.473. The maximum absolute atomic E-state index is 13.7. The van der Waals surface area contributed by atoms with Gasteiger partial charge in [-0.25, -0.2) is 4.98 Å². The molecule has 1 aliphatic heterocycles. The van der Waals surface area contributed by atoms with Crippen LogP contribution in [0, 0.1) is 5.92 Å². The number of thiophene rings is 1. The Hall–Kier alpha value is -2.16. The Balaban J connectivity index is 1.85. The van der Waals surface area contributed by atoms with Crippen molar-refractivity contribution in [3.63, 3.8) is 0 Å². The molecule has 8 heteroatoms. The zero-order chi connectivity index (χ0) is 22.1. The van der Waals surface area contributed by atoms with Crippen LogP contribution in [0.3, 0.4) is 0 Å². The van der Waals surface area contributed by atoms with Crippen molar-refractivity contribution in [1.82, 2.24) is 9.55 Å². The highest BCUT2D eigenvalue weighted by Crippen LogP contribution is 2.36. The normalized spacial score (nSPS) is 17.0. The molecule has 3 aromatic rings. The van der Waals surface area contributed by atoms with Crippen molar-refractivity contribution in [2.75, 3.05) is 7.11 Å². The zero-order valence-electron chi connectivity index (χ0n) is 18.1. The summed E-state index contributed by atoms with van der Waals surface area (Å²) >= 11 is 2.77. The lowest BCUT2D eigenvalue weighted by Gasteiger charge is -2.26. The first-order chi connectivity index (χ1) is 14.9. The minimum Gasteiger partial charge on any atom is -0.468 e. The molecule has 0 aliphatic carbocycles. The standard InChI is InChI=1S/C23H26N2O4S2/c1-13(2)17-10-16-18(12-29-17)31-20-19(16)21(26)25(11-15-8-6-5-7-9-15)23(24-20)30-14(3)22(27)28-4/h5-9,13-14,17H,10-12H2,1-4H3. The fourth-order valence-electron chi connectivity index (χ4n) is 3.74. The molecule has 0 bridgehead atoms. The Morgan fingerprint density at radius 3 is 2.74 bits per heavy atom. The summed E-state index contributed by atoms with van der Waals surface area (Å²) in [7, 11) is 1.37. The first kappa shape index (κ1) is 22.0. The van der Waals surface area contributed by atoms with Crippen LogP contribution in [0.25, 0.3) is 10.2 Å². The quantitative estimate of drug-likeness (QED) is 0.312. The molecule has 2 unspecified atom stereocenters. The summed E-state index contributed by atoms with van der Waals surface area (Å²) in [5.74, 6) is 0.0302. The number of benzene rings is 1. The van der Waals surface area contributed by atoms with Gasteiger partial charge < -0.3 is 9.47 Å². The lowest BCUT2D eigenvalue weighted by molar-refractivity contribution is -0.139. The summed E-state index contributed by atoms with van der Waals surface area (Å²) in [5, 5.41) is 0.749. The Morgan fingerprint density at radius 2 is 2.06 bits per heavy atom. The molecule has 0 radical (unpaired) electrons. The van der Waals surface area contributed by atoms with Crippen LogP contribution in [0.1, 0.15) is 36.8 Å². The monoisotopic (exact) mass is 458 g/mol. The van der Waals surface area contributed by atoms with Crippen molar-refractivity contribution in [3.8, 4) is 0 Å². The van der Waals surface area contributed by atoms with Crippen LogP contribution in [0.2, 0.25) is 0 Å². The van der Waals surface area contributed by atoms with Gasteiger partial charge in [-0.15, -0.1) is 11.3 Å². The van der Waals surface area contributed by atoms with Crippen LogP contribution < -0.4 is 5.56 Å². The molecule has 1 aliphatic rings. The lowest BCUT2D eigenvalue weighted by atomic mass is 9.96. The van der Waals surface area contributed by atoms with E-state index in [1.54, 1.807) is 11.5 Å². The predicted octanol–water partition coefficient (Wildman–Crippen LogP) is 4.26. The molecule has 0 spiro atoms. The molecule has 2 atom stereocenters. The number of fused-ring (bicyclic) bond motifs is 3. The smallest absolute Gasteiger partial charge is 0.318 e. The molecule has 0 saturated carbocycles. The van der Waals surface area contributed by atoms with Crippen LogP contribution >= 0.6 is 23.1 Å². The number of nitrogens with zero attached hydrogens (tertiary/aromatic N) is 2. The molecule has 4 rings (SSSR count). The summed E-state index contributed by atoms with van der Waals surface area (Å²) in [6.45, 7) is 6.95. The van der Waals surface area contributed by atoms with E-state index in [0.717, 1.165) is 22.4 Å². The van der Waals surface area contributed by atoms with Gasteiger partial charge in [0, 0.05) is 11.3 Å². The Kier molecular flexibility index (Phi) is 6.50. The van der Waals surface area contributed by atoms with Gasteiger partial charge in [0.25, 0.3) is 5.56 Å².